The average molecular weight is 374 g/mol. The van der Waals surface area contributed by atoms with Gasteiger partial charge < -0.3 is 24.1 Å². The van der Waals surface area contributed by atoms with Gasteiger partial charge >= 0.3 is 6.03 Å². The van der Waals surface area contributed by atoms with Crippen LogP contribution in [0, 0.1) is 5.92 Å². The lowest BCUT2D eigenvalue weighted by atomic mass is 9.99. The number of amides is 2. The molecule has 3 heterocycles. The Kier molecular flexibility index (Phi) is 5.24. The highest BCUT2D eigenvalue weighted by Gasteiger charge is 2.23. The standard InChI is InChI=1S/C19H22N2O4S/c22-19(20-15-3-4-17-18(10-15)25-13-24-17)21-7-5-14(6-8-21)11-26-12-16-2-1-9-23-16/h1-4,9-10,14H,5-8,11-13H2,(H,20,22). The summed E-state index contributed by atoms with van der Waals surface area (Å²) in [5, 5.41) is 2.95. The van der Waals surface area contributed by atoms with E-state index >= 15 is 0 Å². The van der Waals surface area contributed by atoms with E-state index in [1.807, 2.05) is 40.9 Å². The number of urea groups is 1. The second-order valence-electron chi connectivity index (χ2n) is 6.52. The zero-order valence-corrected chi connectivity index (χ0v) is 15.3. The third kappa shape index (κ3) is 4.09. The zero-order valence-electron chi connectivity index (χ0n) is 14.5. The van der Waals surface area contributed by atoms with E-state index in [1.54, 1.807) is 12.3 Å². The predicted molar refractivity (Wildman–Crippen MR) is 101 cm³/mol. The number of likely N-dealkylation sites (tertiary alicyclic amines) is 1. The minimum absolute atomic E-state index is 0.0504. The van der Waals surface area contributed by atoms with Gasteiger partial charge in [0.15, 0.2) is 11.5 Å². The molecule has 2 aromatic rings. The number of benzene rings is 1. The van der Waals surface area contributed by atoms with Gasteiger partial charge in [0.05, 0.1) is 12.0 Å². The molecule has 4 rings (SSSR count). The van der Waals surface area contributed by atoms with E-state index in [0.717, 1.165) is 54.6 Å². The zero-order chi connectivity index (χ0) is 17.8. The van der Waals surface area contributed by atoms with Gasteiger partial charge in [0, 0.05) is 24.8 Å². The van der Waals surface area contributed by atoms with Crippen molar-refractivity contribution < 1.29 is 18.7 Å². The van der Waals surface area contributed by atoms with Gasteiger partial charge in [0.1, 0.15) is 5.76 Å². The van der Waals surface area contributed by atoms with Gasteiger partial charge in [-0.2, -0.15) is 11.8 Å². The summed E-state index contributed by atoms with van der Waals surface area (Å²) in [5.41, 5.74) is 0.732. The monoisotopic (exact) mass is 374 g/mol. The summed E-state index contributed by atoms with van der Waals surface area (Å²) in [6.07, 6.45) is 3.80. The minimum Gasteiger partial charge on any atom is -0.468 e. The van der Waals surface area contributed by atoms with E-state index in [9.17, 15) is 4.79 Å². The molecule has 2 aliphatic heterocycles. The number of nitrogens with one attached hydrogen (secondary N) is 1. The Bertz CT molecular complexity index is 742. The van der Waals surface area contributed by atoms with Gasteiger partial charge in [0.2, 0.25) is 6.79 Å². The third-order valence-electron chi connectivity index (χ3n) is 4.70. The Hall–Kier alpha value is -2.28. The number of anilines is 1. The van der Waals surface area contributed by atoms with Crippen molar-refractivity contribution in [2.24, 2.45) is 5.92 Å². The molecule has 0 spiro atoms. The predicted octanol–water partition coefficient (Wildman–Crippen LogP) is 4.19. The molecule has 0 saturated carbocycles. The fourth-order valence-corrected chi connectivity index (χ4v) is 4.35. The fraction of sp³-hybridized carbons (Fsp3) is 0.421. The van der Waals surface area contributed by atoms with Crippen LogP contribution in [0.25, 0.3) is 0 Å². The first-order chi connectivity index (χ1) is 12.8. The highest BCUT2D eigenvalue weighted by Crippen LogP contribution is 2.34. The van der Waals surface area contributed by atoms with Crippen molar-refractivity contribution in [2.45, 2.75) is 18.6 Å². The number of hydrogen-bond donors (Lipinski definition) is 1. The van der Waals surface area contributed by atoms with Crippen LogP contribution >= 0.6 is 11.8 Å². The van der Waals surface area contributed by atoms with Crippen LogP contribution in [-0.4, -0.2) is 36.6 Å². The lowest BCUT2D eigenvalue weighted by molar-refractivity contribution is 0.174. The second-order valence-corrected chi connectivity index (χ2v) is 7.55. The Labute approximate surface area is 156 Å². The minimum atomic E-state index is -0.0504. The third-order valence-corrected chi connectivity index (χ3v) is 5.90. The number of hydrogen-bond acceptors (Lipinski definition) is 5. The molecular formula is C19H22N2O4S. The lowest BCUT2D eigenvalue weighted by Crippen LogP contribution is -2.41. The summed E-state index contributed by atoms with van der Waals surface area (Å²) in [6.45, 7) is 1.82. The van der Waals surface area contributed by atoms with Gasteiger partial charge in [-0.15, -0.1) is 0 Å². The number of ether oxygens (including phenoxy) is 2. The van der Waals surface area contributed by atoms with Crippen LogP contribution in [0.2, 0.25) is 0 Å². The molecule has 1 N–H and O–H groups in total. The van der Waals surface area contributed by atoms with Gasteiger partial charge in [-0.05, 0) is 48.8 Å². The number of thioether (sulfide) groups is 1. The molecule has 1 aromatic carbocycles. The van der Waals surface area contributed by atoms with Crippen LogP contribution in [0.3, 0.4) is 0 Å². The van der Waals surface area contributed by atoms with Crippen molar-refractivity contribution in [3.8, 4) is 11.5 Å². The topological polar surface area (TPSA) is 63.9 Å². The van der Waals surface area contributed by atoms with Gasteiger partial charge in [-0.25, -0.2) is 4.79 Å². The maximum Gasteiger partial charge on any atom is 0.321 e. The van der Waals surface area contributed by atoms with E-state index in [2.05, 4.69) is 5.32 Å². The van der Waals surface area contributed by atoms with E-state index in [4.69, 9.17) is 13.9 Å². The van der Waals surface area contributed by atoms with Crippen molar-refractivity contribution in [3.63, 3.8) is 0 Å². The maximum atomic E-state index is 12.5. The molecule has 0 radical (unpaired) electrons. The first-order valence-corrected chi connectivity index (χ1v) is 9.99. The Morgan fingerprint density at radius 3 is 2.85 bits per heavy atom. The molecular weight excluding hydrogens is 352 g/mol. The smallest absolute Gasteiger partial charge is 0.321 e. The molecule has 1 aromatic heterocycles. The van der Waals surface area contributed by atoms with Crippen molar-refractivity contribution in [1.82, 2.24) is 4.90 Å². The normalized spacial score (nSPS) is 16.7. The molecule has 0 atom stereocenters. The van der Waals surface area contributed by atoms with E-state index in [1.165, 1.54) is 0 Å². The Balaban J connectivity index is 1.21. The molecule has 26 heavy (non-hydrogen) atoms. The van der Waals surface area contributed by atoms with Crippen molar-refractivity contribution in [2.75, 3.05) is 31.0 Å². The molecule has 7 heteroatoms. The highest BCUT2D eigenvalue weighted by molar-refractivity contribution is 7.98. The van der Waals surface area contributed by atoms with Crippen LogP contribution in [0.1, 0.15) is 18.6 Å². The van der Waals surface area contributed by atoms with Gasteiger partial charge in [0.25, 0.3) is 0 Å². The van der Waals surface area contributed by atoms with E-state index in [-0.39, 0.29) is 12.8 Å². The summed E-state index contributed by atoms with van der Waals surface area (Å²) >= 11 is 1.90. The number of carbonyl (C=O) groups is 1. The Morgan fingerprint density at radius 1 is 1.19 bits per heavy atom. The molecule has 1 fully saturated rings. The summed E-state index contributed by atoms with van der Waals surface area (Å²) < 4.78 is 16.0. The molecule has 138 valence electrons. The molecule has 2 amide bonds. The molecule has 0 aliphatic carbocycles. The fourth-order valence-electron chi connectivity index (χ4n) is 3.20. The van der Waals surface area contributed by atoms with Crippen LogP contribution < -0.4 is 14.8 Å². The summed E-state index contributed by atoms with van der Waals surface area (Å²) in [4.78, 5) is 14.4. The van der Waals surface area contributed by atoms with Crippen LogP contribution in [-0.2, 0) is 5.75 Å². The SMILES string of the molecule is O=C(Nc1ccc2c(c1)OCO2)N1CCC(CSCc2ccco2)CC1. The number of fused-ring (bicyclic) bond motifs is 1. The van der Waals surface area contributed by atoms with Crippen LogP contribution in [0.15, 0.2) is 41.0 Å². The largest absolute Gasteiger partial charge is 0.468 e. The second kappa shape index (κ2) is 7.95. The van der Waals surface area contributed by atoms with Crippen LogP contribution in [0.5, 0.6) is 11.5 Å². The number of furan rings is 1. The van der Waals surface area contributed by atoms with Crippen molar-refractivity contribution >= 4 is 23.5 Å². The maximum absolute atomic E-state index is 12.5. The molecule has 0 bridgehead atoms. The van der Waals surface area contributed by atoms with Crippen LogP contribution in [0.4, 0.5) is 10.5 Å². The molecule has 0 unspecified atom stereocenters. The first kappa shape index (κ1) is 17.1. The highest BCUT2D eigenvalue weighted by atomic mass is 32.2. The number of carbonyl (C=O) groups excluding carboxylic acids is 1. The van der Waals surface area contributed by atoms with E-state index < -0.39 is 0 Å². The summed E-state index contributed by atoms with van der Waals surface area (Å²) in [6, 6.07) is 9.34. The number of rotatable bonds is 5. The van der Waals surface area contributed by atoms with E-state index in [0.29, 0.717) is 11.7 Å². The lowest BCUT2D eigenvalue weighted by Gasteiger charge is -2.31. The molecule has 6 nitrogen and oxygen atoms in total. The quantitative estimate of drug-likeness (QED) is 0.850. The van der Waals surface area contributed by atoms with Gasteiger partial charge in [-0.1, -0.05) is 0 Å². The summed E-state index contributed by atoms with van der Waals surface area (Å²) in [5.74, 6) is 5.10. The molecule has 1 saturated heterocycles. The molecule has 2 aliphatic rings. The van der Waals surface area contributed by atoms with Gasteiger partial charge in [-0.3, -0.25) is 0 Å². The number of nitrogens with zero attached hydrogens (tertiary/aromatic N) is 1. The Morgan fingerprint density at radius 2 is 2.04 bits per heavy atom. The van der Waals surface area contributed by atoms with Crippen molar-refractivity contribution in [1.29, 1.82) is 0 Å². The number of piperidine rings is 1. The van der Waals surface area contributed by atoms with Crippen molar-refractivity contribution in [3.05, 3.63) is 42.4 Å². The summed E-state index contributed by atoms with van der Waals surface area (Å²) in [7, 11) is 0. The average Bonchev–Trinajstić information content (AvgIpc) is 3.33. The first-order valence-electron chi connectivity index (χ1n) is 8.83.